The summed E-state index contributed by atoms with van der Waals surface area (Å²) in [5, 5.41) is 2.02. The molecule has 1 aliphatic rings. The molecule has 1 aliphatic heterocycles. The molecule has 1 aromatic carbocycles. The zero-order valence-corrected chi connectivity index (χ0v) is 15.0. The molecule has 0 spiro atoms. The number of carbonyl (C=O) groups is 1. The van der Waals surface area contributed by atoms with E-state index in [9.17, 15) is 4.79 Å². The van der Waals surface area contributed by atoms with Crippen molar-refractivity contribution >= 4 is 17.2 Å². The van der Waals surface area contributed by atoms with Gasteiger partial charge in [-0.15, -0.1) is 17.9 Å². The van der Waals surface area contributed by atoms with E-state index < -0.39 is 0 Å². The summed E-state index contributed by atoms with van der Waals surface area (Å²) in [6, 6.07) is 11.4. The molecule has 2 heterocycles. The number of nitrogens with zero attached hydrogens (tertiary/aromatic N) is 1. The van der Waals surface area contributed by atoms with Crippen molar-refractivity contribution < 1.29 is 14.3 Å². The van der Waals surface area contributed by atoms with Crippen molar-refractivity contribution in [2.45, 2.75) is 25.5 Å². The van der Waals surface area contributed by atoms with E-state index in [1.54, 1.807) is 22.3 Å². The lowest BCUT2D eigenvalue weighted by Crippen LogP contribution is -2.30. The van der Waals surface area contributed by atoms with Crippen LogP contribution in [0.5, 0.6) is 5.75 Å². The van der Waals surface area contributed by atoms with E-state index >= 15 is 0 Å². The van der Waals surface area contributed by atoms with Crippen LogP contribution >= 0.6 is 11.3 Å². The zero-order chi connectivity index (χ0) is 17.5. The maximum Gasteiger partial charge on any atom is 0.254 e. The largest absolute Gasteiger partial charge is 0.491 e. The number of benzene rings is 1. The Hall–Kier alpha value is -2.11. The van der Waals surface area contributed by atoms with E-state index in [1.807, 2.05) is 41.8 Å². The maximum atomic E-state index is 12.9. The van der Waals surface area contributed by atoms with E-state index in [1.165, 1.54) is 0 Å². The molecule has 2 aromatic rings. The highest BCUT2D eigenvalue weighted by molar-refractivity contribution is 7.09. The average Bonchev–Trinajstić information content (AvgIpc) is 3.33. The van der Waals surface area contributed by atoms with Gasteiger partial charge in [0.05, 0.1) is 12.6 Å². The molecule has 1 aromatic heterocycles. The fourth-order valence-corrected chi connectivity index (χ4v) is 3.55. The van der Waals surface area contributed by atoms with Crippen LogP contribution in [-0.2, 0) is 11.3 Å². The van der Waals surface area contributed by atoms with Gasteiger partial charge in [0.1, 0.15) is 12.4 Å². The van der Waals surface area contributed by atoms with Crippen molar-refractivity contribution in [1.82, 2.24) is 4.90 Å². The molecule has 5 heteroatoms. The van der Waals surface area contributed by atoms with Gasteiger partial charge < -0.3 is 14.4 Å². The van der Waals surface area contributed by atoms with Crippen molar-refractivity contribution in [2.24, 2.45) is 0 Å². The number of hydrogen-bond donors (Lipinski definition) is 0. The molecule has 25 heavy (non-hydrogen) atoms. The van der Waals surface area contributed by atoms with Crippen molar-refractivity contribution in [2.75, 3.05) is 19.8 Å². The number of thiophene rings is 1. The highest BCUT2D eigenvalue weighted by atomic mass is 32.1. The summed E-state index contributed by atoms with van der Waals surface area (Å²) in [5.41, 5.74) is 0.628. The molecule has 1 unspecified atom stereocenters. The van der Waals surface area contributed by atoms with Crippen molar-refractivity contribution in [3.63, 3.8) is 0 Å². The minimum atomic E-state index is -0.0177. The summed E-state index contributed by atoms with van der Waals surface area (Å²) in [5.74, 6) is 0.687. The van der Waals surface area contributed by atoms with Crippen LogP contribution < -0.4 is 4.74 Å². The molecule has 1 amide bonds. The second-order valence-electron chi connectivity index (χ2n) is 6.03. The third-order valence-electron chi connectivity index (χ3n) is 4.10. The van der Waals surface area contributed by atoms with E-state index in [0.717, 1.165) is 24.3 Å². The Labute approximate surface area is 152 Å². The molecular weight excluding hydrogens is 334 g/mol. The lowest BCUT2D eigenvalue weighted by molar-refractivity contribution is 0.0677. The van der Waals surface area contributed by atoms with Gasteiger partial charge in [-0.3, -0.25) is 4.79 Å². The minimum Gasteiger partial charge on any atom is -0.491 e. The Kier molecular flexibility index (Phi) is 6.25. The number of amides is 1. The first-order valence-electron chi connectivity index (χ1n) is 8.53. The highest BCUT2D eigenvalue weighted by Gasteiger charge is 2.18. The first-order chi connectivity index (χ1) is 12.3. The second kappa shape index (κ2) is 8.83. The third kappa shape index (κ3) is 4.94. The normalized spacial score (nSPS) is 16.6. The molecule has 0 radical (unpaired) electrons. The fourth-order valence-electron chi connectivity index (χ4n) is 2.83. The Morgan fingerprint density at radius 3 is 3.04 bits per heavy atom. The SMILES string of the molecule is C=CCN(Cc1cccs1)C(=O)c1cccc(OCC2CCCO2)c1. The Bertz CT molecular complexity index is 693. The van der Waals surface area contributed by atoms with E-state index in [2.05, 4.69) is 6.58 Å². The summed E-state index contributed by atoms with van der Waals surface area (Å²) >= 11 is 1.65. The molecule has 0 N–H and O–H groups in total. The molecule has 1 saturated heterocycles. The first kappa shape index (κ1) is 17.7. The van der Waals surface area contributed by atoms with Gasteiger partial charge in [-0.1, -0.05) is 18.2 Å². The summed E-state index contributed by atoms with van der Waals surface area (Å²) in [6.45, 7) is 6.21. The predicted octanol–water partition coefficient (Wildman–Crippen LogP) is 4.13. The van der Waals surface area contributed by atoms with Gasteiger partial charge >= 0.3 is 0 Å². The minimum absolute atomic E-state index is 0.0177. The Balaban J connectivity index is 1.66. The summed E-state index contributed by atoms with van der Waals surface area (Å²) in [7, 11) is 0. The van der Waals surface area contributed by atoms with Crippen LogP contribution in [0.3, 0.4) is 0 Å². The smallest absolute Gasteiger partial charge is 0.254 e. The highest BCUT2D eigenvalue weighted by Crippen LogP contribution is 2.20. The fraction of sp³-hybridized carbons (Fsp3) is 0.350. The van der Waals surface area contributed by atoms with Crippen molar-refractivity contribution in [3.05, 3.63) is 64.9 Å². The van der Waals surface area contributed by atoms with Crippen LogP contribution in [0.4, 0.5) is 0 Å². The van der Waals surface area contributed by atoms with E-state index in [-0.39, 0.29) is 12.0 Å². The van der Waals surface area contributed by atoms with E-state index in [4.69, 9.17) is 9.47 Å². The average molecular weight is 357 g/mol. The molecule has 3 rings (SSSR count). The second-order valence-corrected chi connectivity index (χ2v) is 7.06. The standard InChI is InChI=1S/C20H23NO3S/c1-2-10-21(14-19-9-5-12-25-19)20(22)16-6-3-7-17(13-16)24-15-18-8-4-11-23-18/h2-3,5-7,9,12-13,18H,1,4,8,10-11,14-15H2. The molecule has 0 aliphatic carbocycles. The van der Waals surface area contributed by atoms with Crippen LogP contribution in [0.25, 0.3) is 0 Å². The molecule has 1 fully saturated rings. The molecule has 0 saturated carbocycles. The Morgan fingerprint density at radius 1 is 1.40 bits per heavy atom. The number of hydrogen-bond acceptors (Lipinski definition) is 4. The lowest BCUT2D eigenvalue weighted by atomic mass is 10.2. The molecule has 1 atom stereocenters. The summed E-state index contributed by atoms with van der Waals surface area (Å²) < 4.78 is 11.4. The number of rotatable bonds is 8. The van der Waals surface area contributed by atoms with Crippen LogP contribution in [-0.4, -0.2) is 36.7 Å². The van der Waals surface area contributed by atoms with E-state index in [0.29, 0.717) is 31.0 Å². The van der Waals surface area contributed by atoms with Crippen molar-refractivity contribution in [1.29, 1.82) is 0 Å². The van der Waals surface area contributed by atoms with Gasteiger partial charge in [0.15, 0.2) is 0 Å². The van der Waals surface area contributed by atoms with Crippen LogP contribution in [0.1, 0.15) is 28.1 Å². The first-order valence-corrected chi connectivity index (χ1v) is 9.41. The molecule has 132 valence electrons. The monoisotopic (exact) mass is 357 g/mol. The van der Waals surface area contributed by atoms with Gasteiger partial charge in [0, 0.05) is 23.6 Å². The molecule has 0 bridgehead atoms. The Morgan fingerprint density at radius 2 is 2.32 bits per heavy atom. The van der Waals surface area contributed by atoms with Crippen LogP contribution in [0, 0.1) is 0 Å². The van der Waals surface area contributed by atoms with Gasteiger partial charge in [0.2, 0.25) is 0 Å². The van der Waals surface area contributed by atoms with Gasteiger partial charge in [-0.2, -0.15) is 0 Å². The van der Waals surface area contributed by atoms with Gasteiger partial charge in [0.25, 0.3) is 5.91 Å². The topological polar surface area (TPSA) is 38.8 Å². The number of carbonyl (C=O) groups excluding carboxylic acids is 1. The third-order valence-corrected chi connectivity index (χ3v) is 4.97. The lowest BCUT2D eigenvalue weighted by Gasteiger charge is -2.21. The quantitative estimate of drug-likeness (QED) is 0.667. The zero-order valence-electron chi connectivity index (χ0n) is 14.2. The van der Waals surface area contributed by atoms with Crippen molar-refractivity contribution in [3.8, 4) is 5.75 Å². The molecule has 4 nitrogen and oxygen atoms in total. The van der Waals surface area contributed by atoms with Gasteiger partial charge in [-0.05, 0) is 42.5 Å². The van der Waals surface area contributed by atoms with Crippen LogP contribution in [0.2, 0.25) is 0 Å². The number of ether oxygens (including phenoxy) is 2. The maximum absolute atomic E-state index is 12.9. The summed E-state index contributed by atoms with van der Waals surface area (Å²) in [4.78, 5) is 15.8. The predicted molar refractivity (Wildman–Crippen MR) is 100 cm³/mol. The van der Waals surface area contributed by atoms with Crippen LogP contribution in [0.15, 0.2) is 54.4 Å². The molecular formula is C20H23NO3S. The summed E-state index contributed by atoms with van der Waals surface area (Å²) in [6.07, 6.45) is 4.04. The van der Waals surface area contributed by atoms with Gasteiger partial charge in [-0.25, -0.2) is 0 Å².